The number of nitrogens with zero attached hydrogens (tertiary/aromatic N) is 1. The van der Waals surface area contributed by atoms with E-state index in [1.165, 1.54) is 0 Å². The van der Waals surface area contributed by atoms with Crippen LogP contribution in [0.15, 0.2) is 16.6 Å². The second kappa shape index (κ2) is 6.47. The third-order valence-electron chi connectivity index (χ3n) is 3.48. The molecule has 1 aromatic carbocycles. The molecule has 1 fully saturated rings. The molecule has 0 aliphatic heterocycles. The molecule has 0 unspecified atom stereocenters. The van der Waals surface area contributed by atoms with E-state index in [2.05, 4.69) is 21.2 Å². The Bertz CT molecular complexity index is 547. The van der Waals surface area contributed by atoms with Crippen molar-refractivity contribution in [2.45, 2.75) is 39.2 Å². The molecule has 1 saturated carbocycles. The van der Waals surface area contributed by atoms with Gasteiger partial charge in [0, 0.05) is 17.1 Å². The summed E-state index contributed by atoms with van der Waals surface area (Å²) < 4.78 is 0.835. The Labute approximate surface area is 132 Å². The number of amides is 2. The molecule has 21 heavy (non-hydrogen) atoms. The van der Waals surface area contributed by atoms with Gasteiger partial charge in [0.1, 0.15) is 0 Å². The van der Waals surface area contributed by atoms with Crippen molar-refractivity contribution in [3.05, 3.63) is 27.7 Å². The smallest absolute Gasteiger partial charge is 0.322 e. The van der Waals surface area contributed by atoms with Gasteiger partial charge in [-0.3, -0.25) is 4.79 Å². The van der Waals surface area contributed by atoms with Crippen molar-refractivity contribution < 1.29 is 14.7 Å². The van der Waals surface area contributed by atoms with Crippen molar-refractivity contribution in [2.24, 2.45) is 0 Å². The van der Waals surface area contributed by atoms with E-state index < -0.39 is 5.97 Å². The summed E-state index contributed by atoms with van der Waals surface area (Å²) in [5, 5.41) is 11.7. The predicted molar refractivity (Wildman–Crippen MR) is 84.6 cm³/mol. The highest BCUT2D eigenvalue weighted by atomic mass is 79.9. The van der Waals surface area contributed by atoms with Gasteiger partial charge in [0.15, 0.2) is 0 Å². The lowest BCUT2D eigenvalue weighted by Gasteiger charge is -2.23. The number of anilines is 1. The van der Waals surface area contributed by atoms with Crippen LogP contribution in [0.1, 0.15) is 30.4 Å². The summed E-state index contributed by atoms with van der Waals surface area (Å²) in [7, 11) is 0. The van der Waals surface area contributed by atoms with Crippen LogP contribution >= 0.6 is 15.9 Å². The maximum Gasteiger partial charge on any atom is 0.322 e. The van der Waals surface area contributed by atoms with Gasteiger partial charge in [-0.1, -0.05) is 6.07 Å². The lowest BCUT2D eigenvalue weighted by molar-refractivity contribution is -0.137. The number of aliphatic carboxylic acids is 1. The van der Waals surface area contributed by atoms with Gasteiger partial charge < -0.3 is 15.3 Å². The fourth-order valence-electron chi connectivity index (χ4n) is 2.31. The van der Waals surface area contributed by atoms with E-state index in [-0.39, 0.29) is 25.0 Å². The minimum Gasteiger partial charge on any atom is -0.481 e. The summed E-state index contributed by atoms with van der Waals surface area (Å²) >= 11 is 3.46. The maximum absolute atomic E-state index is 12.4. The van der Waals surface area contributed by atoms with E-state index in [1.54, 1.807) is 4.90 Å². The molecule has 0 saturated heterocycles. The zero-order chi connectivity index (χ0) is 15.6. The standard InChI is InChI=1S/C15H19BrN2O3/c1-9-7-10(2)14(12(16)8-9)17-15(21)18(11-3-4-11)6-5-13(19)20/h7-8,11H,3-6H2,1-2H3,(H,17,21)(H,19,20). The van der Waals surface area contributed by atoms with Crippen LogP contribution in [-0.4, -0.2) is 34.6 Å². The van der Waals surface area contributed by atoms with E-state index in [4.69, 9.17) is 5.11 Å². The molecule has 1 aromatic rings. The Kier molecular flexibility index (Phi) is 4.88. The fraction of sp³-hybridized carbons (Fsp3) is 0.467. The Morgan fingerprint density at radius 2 is 2.05 bits per heavy atom. The van der Waals surface area contributed by atoms with Gasteiger partial charge in [-0.05, 0) is 59.8 Å². The van der Waals surface area contributed by atoms with Crippen LogP contribution in [0.5, 0.6) is 0 Å². The van der Waals surface area contributed by atoms with Crippen LogP contribution in [0.3, 0.4) is 0 Å². The summed E-state index contributed by atoms with van der Waals surface area (Å²) in [6.45, 7) is 4.17. The third kappa shape index (κ3) is 4.20. The summed E-state index contributed by atoms with van der Waals surface area (Å²) in [6, 6.07) is 3.89. The molecule has 2 rings (SSSR count). The van der Waals surface area contributed by atoms with Gasteiger partial charge >= 0.3 is 12.0 Å². The van der Waals surface area contributed by atoms with E-state index >= 15 is 0 Å². The number of carboxylic acid groups (broad SMARTS) is 1. The zero-order valence-corrected chi connectivity index (χ0v) is 13.7. The molecule has 0 bridgehead atoms. The number of urea groups is 1. The van der Waals surface area contributed by atoms with Crippen LogP contribution in [0.25, 0.3) is 0 Å². The first-order valence-corrected chi connectivity index (χ1v) is 7.74. The monoisotopic (exact) mass is 354 g/mol. The molecule has 1 aliphatic carbocycles. The summed E-state index contributed by atoms with van der Waals surface area (Å²) in [5.74, 6) is -0.888. The molecule has 0 atom stereocenters. The number of carboxylic acids is 1. The number of rotatable bonds is 5. The van der Waals surface area contributed by atoms with Crippen molar-refractivity contribution >= 4 is 33.6 Å². The highest BCUT2D eigenvalue weighted by molar-refractivity contribution is 9.10. The number of carbonyl (C=O) groups is 2. The lowest BCUT2D eigenvalue weighted by atomic mass is 10.1. The highest BCUT2D eigenvalue weighted by Gasteiger charge is 2.33. The second-order valence-corrected chi connectivity index (χ2v) is 6.29. The Morgan fingerprint density at radius 1 is 1.38 bits per heavy atom. The molecule has 2 N–H and O–H groups in total. The first-order chi connectivity index (χ1) is 9.88. The quantitative estimate of drug-likeness (QED) is 0.849. The van der Waals surface area contributed by atoms with E-state index in [0.717, 1.165) is 34.1 Å². The summed E-state index contributed by atoms with van der Waals surface area (Å²) in [4.78, 5) is 24.7. The largest absolute Gasteiger partial charge is 0.481 e. The average molecular weight is 355 g/mol. The van der Waals surface area contributed by atoms with Crippen LogP contribution in [0.2, 0.25) is 0 Å². The third-order valence-corrected chi connectivity index (χ3v) is 4.10. The molecule has 0 spiro atoms. The molecule has 1 aliphatic rings. The van der Waals surface area contributed by atoms with Crippen molar-refractivity contribution in [3.63, 3.8) is 0 Å². The van der Waals surface area contributed by atoms with Crippen molar-refractivity contribution in [1.82, 2.24) is 4.90 Å². The number of nitrogens with one attached hydrogen (secondary N) is 1. The first-order valence-electron chi connectivity index (χ1n) is 6.94. The molecular weight excluding hydrogens is 336 g/mol. The van der Waals surface area contributed by atoms with Crippen LogP contribution in [0.4, 0.5) is 10.5 Å². The molecular formula is C15H19BrN2O3. The number of halogens is 1. The van der Waals surface area contributed by atoms with E-state index in [9.17, 15) is 9.59 Å². The van der Waals surface area contributed by atoms with Gasteiger partial charge in [0.2, 0.25) is 0 Å². The highest BCUT2D eigenvalue weighted by Crippen LogP contribution is 2.31. The second-order valence-electron chi connectivity index (χ2n) is 5.44. The average Bonchev–Trinajstić information content (AvgIpc) is 3.18. The van der Waals surface area contributed by atoms with Gasteiger partial charge in [-0.25, -0.2) is 4.79 Å². The summed E-state index contributed by atoms with van der Waals surface area (Å²) in [5.41, 5.74) is 2.83. The van der Waals surface area contributed by atoms with Crippen molar-refractivity contribution in [2.75, 3.05) is 11.9 Å². The predicted octanol–water partition coefficient (Wildman–Crippen LogP) is 3.54. The number of carbonyl (C=O) groups excluding carboxylic acids is 1. The molecule has 114 valence electrons. The normalized spacial score (nSPS) is 13.9. The molecule has 0 radical (unpaired) electrons. The van der Waals surface area contributed by atoms with Gasteiger partial charge in [-0.15, -0.1) is 0 Å². The summed E-state index contributed by atoms with van der Waals surface area (Å²) in [6.07, 6.45) is 1.86. The van der Waals surface area contributed by atoms with Gasteiger partial charge in [0.05, 0.1) is 12.1 Å². The molecule has 5 nitrogen and oxygen atoms in total. The maximum atomic E-state index is 12.4. The molecule has 6 heteroatoms. The van der Waals surface area contributed by atoms with E-state index in [0.29, 0.717) is 0 Å². The zero-order valence-electron chi connectivity index (χ0n) is 12.1. The SMILES string of the molecule is Cc1cc(C)c(NC(=O)N(CCC(=O)O)C2CC2)c(Br)c1. The van der Waals surface area contributed by atoms with Crippen molar-refractivity contribution in [1.29, 1.82) is 0 Å². The van der Waals surface area contributed by atoms with Gasteiger partial charge in [-0.2, -0.15) is 0 Å². The van der Waals surface area contributed by atoms with Crippen LogP contribution in [-0.2, 0) is 4.79 Å². The molecule has 2 amide bonds. The first kappa shape index (κ1) is 15.8. The number of aryl methyl sites for hydroxylation is 2. The topological polar surface area (TPSA) is 69.6 Å². The van der Waals surface area contributed by atoms with Crippen molar-refractivity contribution in [3.8, 4) is 0 Å². The Morgan fingerprint density at radius 3 is 2.57 bits per heavy atom. The number of hydrogen-bond acceptors (Lipinski definition) is 2. The molecule has 0 aromatic heterocycles. The number of hydrogen-bond donors (Lipinski definition) is 2. The minimum absolute atomic E-state index is 0.0298. The Balaban J connectivity index is 2.10. The molecule has 0 heterocycles. The van der Waals surface area contributed by atoms with Crippen LogP contribution in [0, 0.1) is 13.8 Å². The van der Waals surface area contributed by atoms with Crippen LogP contribution < -0.4 is 5.32 Å². The van der Waals surface area contributed by atoms with Gasteiger partial charge in [0.25, 0.3) is 0 Å². The fourth-order valence-corrected chi connectivity index (χ4v) is 3.08. The number of benzene rings is 1. The Hall–Kier alpha value is -1.56. The lowest BCUT2D eigenvalue weighted by Crippen LogP contribution is -2.38. The van der Waals surface area contributed by atoms with E-state index in [1.807, 2.05) is 26.0 Å². The minimum atomic E-state index is -0.888.